The lowest BCUT2D eigenvalue weighted by Crippen LogP contribution is -2.53. The lowest BCUT2D eigenvalue weighted by atomic mass is 9.58. The maximum atomic E-state index is 5.67. The van der Waals surface area contributed by atoms with Gasteiger partial charge in [-0.2, -0.15) is 0 Å². The van der Waals surface area contributed by atoms with Crippen molar-refractivity contribution in [2.45, 2.75) is 38.1 Å². The summed E-state index contributed by atoms with van der Waals surface area (Å²) in [7, 11) is 1.78. The third-order valence-electron chi connectivity index (χ3n) is 8.54. The van der Waals surface area contributed by atoms with Crippen LogP contribution in [-0.2, 0) is 24.8 Å². The first kappa shape index (κ1) is 21.5. The molecule has 0 radical (unpaired) electrons. The average Bonchev–Trinajstić information content (AvgIpc) is 3.19. The van der Waals surface area contributed by atoms with E-state index in [0.29, 0.717) is 5.92 Å². The summed E-state index contributed by atoms with van der Waals surface area (Å²) in [6.07, 6.45) is 3.44. The normalized spacial score (nSPS) is 22.4. The molecule has 3 aromatic carbocycles. The van der Waals surface area contributed by atoms with E-state index in [1.807, 2.05) is 0 Å². The number of nitrogens with zero attached hydrogens (tertiary/aromatic N) is 2. The fraction of sp³-hybridized carbons (Fsp3) is 0.355. The fourth-order valence-electron chi connectivity index (χ4n) is 6.68. The lowest BCUT2D eigenvalue weighted by molar-refractivity contribution is 0.0843. The molecule has 2 aliphatic rings. The number of benzene rings is 3. The number of fused-ring (bicyclic) bond motifs is 4. The summed E-state index contributed by atoms with van der Waals surface area (Å²) in [5.74, 6) is 1.58. The highest BCUT2D eigenvalue weighted by atomic mass is 16.5. The largest absolute Gasteiger partial charge is 0.497 e. The van der Waals surface area contributed by atoms with E-state index in [1.165, 1.54) is 47.2 Å². The molecule has 2 atom stereocenters. The van der Waals surface area contributed by atoms with Crippen LogP contribution in [0.4, 0.5) is 0 Å². The van der Waals surface area contributed by atoms with E-state index in [9.17, 15) is 0 Å². The van der Waals surface area contributed by atoms with Gasteiger partial charge in [-0.05, 0) is 73.2 Å². The summed E-state index contributed by atoms with van der Waals surface area (Å²) >= 11 is 0. The monoisotopic (exact) mass is 450 g/mol. The minimum atomic E-state index is 0.149. The van der Waals surface area contributed by atoms with Gasteiger partial charge >= 0.3 is 0 Å². The summed E-state index contributed by atoms with van der Waals surface area (Å²) < 4.78 is 8.28. The number of hydrogen-bond acceptors (Lipinski definition) is 2. The number of para-hydroxylation sites is 1. The predicted molar refractivity (Wildman–Crippen MR) is 140 cm³/mol. The van der Waals surface area contributed by atoms with E-state index < -0.39 is 0 Å². The van der Waals surface area contributed by atoms with Gasteiger partial charge in [-0.15, -0.1) is 0 Å². The standard InChI is InChI=1S/C31H34N2O/c1-3-32-17-16-31(24-12-9-13-26(18-24)34-2)20-30-28(19-25(31)22-32)27-14-7-8-15-29(27)33(30)21-23-10-5-4-6-11-23/h4-15,18,25H,3,16-17,19-22H2,1-2H3. The van der Waals surface area contributed by atoms with Crippen LogP contribution in [0.15, 0.2) is 78.9 Å². The zero-order valence-corrected chi connectivity index (χ0v) is 20.3. The van der Waals surface area contributed by atoms with Gasteiger partial charge < -0.3 is 14.2 Å². The number of aromatic nitrogens is 1. The molecular formula is C31H34N2O. The highest BCUT2D eigenvalue weighted by Gasteiger charge is 2.48. The minimum Gasteiger partial charge on any atom is -0.497 e. The predicted octanol–water partition coefficient (Wildman–Crippen LogP) is 6.08. The van der Waals surface area contributed by atoms with E-state index >= 15 is 0 Å². The molecule has 3 heteroatoms. The smallest absolute Gasteiger partial charge is 0.119 e. The number of methoxy groups -OCH3 is 1. The molecule has 1 aliphatic heterocycles. The molecule has 1 aromatic heterocycles. The molecule has 174 valence electrons. The van der Waals surface area contributed by atoms with Crippen LogP contribution in [0.1, 0.15) is 35.7 Å². The van der Waals surface area contributed by atoms with Gasteiger partial charge in [-0.3, -0.25) is 0 Å². The molecule has 4 aromatic rings. The minimum absolute atomic E-state index is 0.149. The van der Waals surface area contributed by atoms with Crippen molar-refractivity contribution in [1.82, 2.24) is 9.47 Å². The SMILES string of the molecule is CCN1CCC2(c3cccc(OC)c3)Cc3c(c4ccccc4n3Cc3ccccc3)CC2C1. The molecule has 0 amide bonds. The van der Waals surface area contributed by atoms with Gasteiger partial charge in [0, 0.05) is 35.1 Å². The molecule has 34 heavy (non-hydrogen) atoms. The molecule has 2 heterocycles. The Kier molecular flexibility index (Phi) is 5.45. The second kappa shape index (κ2) is 8.63. The Bertz CT molecular complexity index is 1310. The van der Waals surface area contributed by atoms with Crippen molar-refractivity contribution in [1.29, 1.82) is 0 Å². The third-order valence-corrected chi connectivity index (χ3v) is 8.54. The Labute approximate surface area is 203 Å². The summed E-state index contributed by atoms with van der Waals surface area (Å²) in [6.45, 7) is 6.70. The van der Waals surface area contributed by atoms with Gasteiger partial charge in [0.1, 0.15) is 5.75 Å². The summed E-state index contributed by atoms with van der Waals surface area (Å²) in [4.78, 5) is 2.65. The molecule has 0 saturated carbocycles. The maximum Gasteiger partial charge on any atom is 0.119 e. The molecule has 0 bridgehead atoms. The Hall–Kier alpha value is -3.04. The first-order chi connectivity index (χ1) is 16.7. The Morgan fingerprint density at radius 2 is 1.79 bits per heavy atom. The van der Waals surface area contributed by atoms with Crippen molar-refractivity contribution < 1.29 is 4.74 Å². The number of piperidine rings is 1. The van der Waals surface area contributed by atoms with E-state index in [0.717, 1.165) is 31.7 Å². The van der Waals surface area contributed by atoms with E-state index in [-0.39, 0.29) is 5.41 Å². The second-order valence-corrected chi connectivity index (χ2v) is 10.1. The molecule has 3 nitrogen and oxygen atoms in total. The third kappa shape index (κ3) is 3.45. The molecule has 1 aliphatic carbocycles. The average molecular weight is 451 g/mol. The topological polar surface area (TPSA) is 17.4 Å². The molecule has 1 fully saturated rings. The fourth-order valence-corrected chi connectivity index (χ4v) is 6.68. The van der Waals surface area contributed by atoms with Crippen molar-refractivity contribution in [3.05, 3.63) is 101 Å². The highest BCUT2D eigenvalue weighted by Crippen LogP contribution is 2.50. The number of ether oxygens (including phenoxy) is 1. The molecule has 0 spiro atoms. The van der Waals surface area contributed by atoms with E-state index in [4.69, 9.17) is 4.74 Å². The van der Waals surface area contributed by atoms with Crippen molar-refractivity contribution in [2.24, 2.45) is 5.92 Å². The Morgan fingerprint density at radius 3 is 2.62 bits per heavy atom. The van der Waals surface area contributed by atoms with Crippen molar-refractivity contribution >= 4 is 10.9 Å². The van der Waals surface area contributed by atoms with Gasteiger partial charge in [0.15, 0.2) is 0 Å². The van der Waals surface area contributed by atoms with Crippen LogP contribution in [0.25, 0.3) is 10.9 Å². The van der Waals surface area contributed by atoms with E-state index in [1.54, 1.807) is 12.7 Å². The molecular weight excluding hydrogens is 416 g/mol. The number of rotatable bonds is 5. The van der Waals surface area contributed by atoms with Crippen molar-refractivity contribution in [3.8, 4) is 5.75 Å². The molecule has 1 saturated heterocycles. The van der Waals surface area contributed by atoms with E-state index in [2.05, 4.69) is 95.3 Å². The van der Waals surface area contributed by atoms with Crippen LogP contribution in [-0.4, -0.2) is 36.2 Å². The van der Waals surface area contributed by atoms with Crippen LogP contribution in [0.2, 0.25) is 0 Å². The molecule has 0 N–H and O–H groups in total. The summed E-state index contributed by atoms with van der Waals surface area (Å²) in [5.41, 5.74) is 7.46. The number of likely N-dealkylation sites (tertiary alicyclic amines) is 1. The molecule has 6 rings (SSSR count). The highest BCUT2D eigenvalue weighted by molar-refractivity contribution is 5.86. The maximum absolute atomic E-state index is 5.67. The van der Waals surface area contributed by atoms with Crippen LogP contribution < -0.4 is 4.74 Å². The van der Waals surface area contributed by atoms with Crippen LogP contribution in [0.5, 0.6) is 5.75 Å². The summed E-state index contributed by atoms with van der Waals surface area (Å²) in [5, 5.41) is 1.45. The van der Waals surface area contributed by atoms with Crippen molar-refractivity contribution in [3.63, 3.8) is 0 Å². The Morgan fingerprint density at radius 1 is 0.971 bits per heavy atom. The molecule has 2 unspecified atom stereocenters. The lowest BCUT2D eigenvalue weighted by Gasteiger charge is -2.51. The van der Waals surface area contributed by atoms with Crippen LogP contribution >= 0.6 is 0 Å². The van der Waals surface area contributed by atoms with Gasteiger partial charge in [0.05, 0.1) is 7.11 Å². The second-order valence-electron chi connectivity index (χ2n) is 10.1. The van der Waals surface area contributed by atoms with Gasteiger partial charge in [0.25, 0.3) is 0 Å². The zero-order chi connectivity index (χ0) is 23.1. The quantitative estimate of drug-likeness (QED) is 0.367. The van der Waals surface area contributed by atoms with Gasteiger partial charge in [0.2, 0.25) is 0 Å². The van der Waals surface area contributed by atoms with Gasteiger partial charge in [-0.1, -0.05) is 67.6 Å². The zero-order valence-electron chi connectivity index (χ0n) is 20.3. The summed E-state index contributed by atoms with van der Waals surface area (Å²) in [6, 6.07) is 28.9. The Balaban J connectivity index is 1.52. The van der Waals surface area contributed by atoms with Gasteiger partial charge in [-0.25, -0.2) is 0 Å². The number of hydrogen-bond donors (Lipinski definition) is 0. The van der Waals surface area contributed by atoms with Crippen LogP contribution in [0, 0.1) is 5.92 Å². The van der Waals surface area contributed by atoms with Crippen LogP contribution in [0.3, 0.4) is 0 Å². The van der Waals surface area contributed by atoms with Crippen molar-refractivity contribution in [2.75, 3.05) is 26.7 Å². The first-order valence-electron chi connectivity index (χ1n) is 12.7. The first-order valence-corrected chi connectivity index (χ1v) is 12.7.